The van der Waals surface area contributed by atoms with Crippen LogP contribution < -0.4 is 5.32 Å². The molecule has 0 aliphatic carbocycles. The van der Waals surface area contributed by atoms with Crippen molar-refractivity contribution >= 4 is 11.8 Å². The predicted molar refractivity (Wildman–Crippen MR) is 92.7 cm³/mol. The van der Waals surface area contributed by atoms with Gasteiger partial charge in [0.05, 0.1) is 43.7 Å². The van der Waals surface area contributed by atoms with Gasteiger partial charge in [0.2, 0.25) is 11.8 Å². The van der Waals surface area contributed by atoms with E-state index in [-0.39, 0.29) is 17.9 Å². The standard InChI is InChI=1S/C18H26N4O3/c1-14(23)19-12-15-4-2-5-16(20-15)17-6-3-7-22(17)13-18(24)21-8-10-25-11-9-21/h2,4-5,17H,3,6-13H2,1H3,(H,19,23)/t17-/m0/s1. The van der Waals surface area contributed by atoms with Gasteiger partial charge in [-0.25, -0.2) is 0 Å². The lowest BCUT2D eigenvalue weighted by molar-refractivity contribution is -0.136. The number of aromatic nitrogens is 1. The molecule has 2 fully saturated rings. The number of nitrogens with one attached hydrogen (secondary N) is 1. The number of ether oxygens (including phenoxy) is 1. The number of hydrogen-bond donors (Lipinski definition) is 1. The molecule has 0 spiro atoms. The van der Waals surface area contributed by atoms with E-state index in [1.165, 1.54) is 6.92 Å². The zero-order valence-electron chi connectivity index (χ0n) is 14.7. The molecule has 1 atom stereocenters. The van der Waals surface area contributed by atoms with Crippen LogP contribution in [0.1, 0.15) is 37.2 Å². The fraction of sp³-hybridized carbons (Fsp3) is 0.611. The van der Waals surface area contributed by atoms with E-state index in [2.05, 4.69) is 10.2 Å². The lowest BCUT2D eigenvalue weighted by atomic mass is 10.1. The maximum Gasteiger partial charge on any atom is 0.236 e. The highest BCUT2D eigenvalue weighted by atomic mass is 16.5. The summed E-state index contributed by atoms with van der Waals surface area (Å²) in [5.74, 6) is 0.107. The number of carbonyl (C=O) groups excluding carboxylic acids is 2. The van der Waals surface area contributed by atoms with Crippen LogP contribution in [0.15, 0.2) is 18.2 Å². The molecule has 2 saturated heterocycles. The first-order chi connectivity index (χ1) is 12.1. The van der Waals surface area contributed by atoms with E-state index in [4.69, 9.17) is 9.72 Å². The second-order valence-corrected chi connectivity index (χ2v) is 6.59. The van der Waals surface area contributed by atoms with Crippen LogP contribution in [0.3, 0.4) is 0 Å². The molecule has 136 valence electrons. The van der Waals surface area contributed by atoms with Gasteiger partial charge in [-0.3, -0.25) is 19.5 Å². The van der Waals surface area contributed by atoms with Crippen molar-refractivity contribution in [1.29, 1.82) is 0 Å². The van der Waals surface area contributed by atoms with Crippen LogP contribution in [-0.2, 0) is 20.9 Å². The summed E-state index contributed by atoms with van der Waals surface area (Å²) in [4.78, 5) is 32.4. The smallest absolute Gasteiger partial charge is 0.236 e. The highest BCUT2D eigenvalue weighted by Gasteiger charge is 2.30. The number of rotatable bonds is 5. The summed E-state index contributed by atoms with van der Waals surface area (Å²) in [7, 11) is 0. The largest absolute Gasteiger partial charge is 0.378 e. The number of likely N-dealkylation sites (tertiary alicyclic amines) is 1. The maximum atomic E-state index is 12.5. The van der Waals surface area contributed by atoms with Gasteiger partial charge >= 0.3 is 0 Å². The van der Waals surface area contributed by atoms with Gasteiger partial charge in [0, 0.05) is 20.0 Å². The Hall–Kier alpha value is -1.99. The predicted octanol–water partition coefficient (Wildman–Crippen LogP) is 0.713. The first kappa shape index (κ1) is 17.8. The zero-order chi connectivity index (χ0) is 17.6. The van der Waals surface area contributed by atoms with Crippen molar-refractivity contribution in [2.45, 2.75) is 32.4 Å². The third kappa shape index (κ3) is 4.76. The van der Waals surface area contributed by atoms with Gasteiger partial charge in [0.25, 0.3) is 0 Å². The van der Waals surface area contributed by atoms with Gasteiger partial charge in [-0.1, -0.05) is 6.07 Å². The molecule has 0 aromatic carbocycles. The van der Waals surface area contributed by atoms with E-state index in [0.717, 1.165) is 30.8 Å². The normalized spacial score (nSPS) is 21.3. The topological polar surface area (TPSA) is 74.8 Å². The molecule has 25 heavy (non-hydrogen) atoms. The summed E-state index contributed by atoms with van der Waals surface area (Å²) in [6.45, 7) is 5.90. The molecular formula is C18H26N4O3. The van der Waals surface area contributed by atoms with Crippen molar-refractivity contribution in [3.8, 4) is 0 Å². The Kier molecular flexibility index (Phi) is 5.99. The van der Waals surface area contributed by atoms with Crippen LogP contribution in [0, 0.1) is 0 Å². The molecule has 0 unspecified atom stereocenters. The molecule has 3 rings (SSSR count). The van der Waals surface area contributed by atoms with Crippen molar-refractivity contribution in [1.82, 2.24) is 20.1 Å². The van der Waals surface area contributed by atoms with Crippen LogP contribution >= 0.6 is 0 Å². The second kappa shape index (κ2) is 8.40. The van der Waals surface area contributed by atoms with Crippen molar-refractivity contribution < 1.29 is 14.3 Å². The Morgan fingerprint density at radius 2 is 2.08 bits per heavy atom. The van der Waals surface area contributed by atoms with Gasteiger partial charge in [0.15, 0.2) is 0 Å². The van der Waals surface area contributed by atoms with Crippen molar-refractivity contribution in [3.05, 3.63) is 29.6 Å². The van der Waals surface area contributed by atoms with E-state index >= 15 is 0 Å². The highest BCUT2D eigenvalue weighted by Crippen LogP contribution is 2.30. The molecule has 0 radical (unpaired) electrons. The Morgan fingerprint density at radius 1 is 1.28 bits per heavy atom. The lowest BCUT2D eigenvalue weighted by Gasteiger charge is -2.30. The maximum absolute atomic E-state index is 12.5. The van der Waals surface area contributed by atoms with E-state index < -0.39 is 0 Å². The summed E-state index contributed by atoms with van der Waals surface area (Å²) in [5.41, 5.74) is 1.83. The fourth-order valence-corrected chi connectivity index (χ4v) is 3.43. The molecular weight excluding hydrogens is 320 g/mol. The lowest BCUT2D eigenvalue weighted by Crippen LogP contribution is -2.45. The monoisotopic (exact) mass is 346 g/mol. The van der Waals surface area contributed by atoms with Gasteiger partial charge in [-0.2, -0.15) is 0 Å². The Balaban J connectivity index is 1.63. The Labute approximate surface area is 148 Å². The molecule has 1 N–H and O–H groups in total. The van der Waals surface area contributed by atoms with Crippen LogP contribution in [0.25, 0.3) is 0 Å². The third-order valence-corrected chi connectivity index (χ3v) is 4.75. The quantitative estimate of drug-likeness (QED) is 0.850. The van der Waals surface area contributed by atoms with Crippen molar-refractivity contribution in [2.24, 2.45) is 0 Å². The Morgan fingerprint density at radius 3 is 2.84 bits per heavy atom. The van der Waals surface area contributed by atoms with Gasteiger partial charge < -0.3 is 15.0 Å². The first-order valence-corrected chi connectivity index (χ1v) is 8.93. The zero-order valence-corrected chi connectivity index (χ0v) is 14.7. The van der Waals surface area contributed by atoms with E-state index in [0.29, 0.717) is 39.4 Å². The molecule has 0 bridgehead atoms. The fourth-order valence-electron chi connectivity index (χ4n) is 3.43. The van der Waals surface area contributed by atoms with Crippen molar-refractivity contribution in [2.75, 3.05) is 39.4 Å². The van der Waals surface area contributed by atoms with E-state index in [9.17, 15) is 9.59 Å². The summed E-state index contributed by atoms with van der Waals surface area (Å²) in [5, 5.41) is 2.78. The average molecular weight is 346 g/mol. The SMILES string of the molecule is CC(=O)NCc1cccc([C@@H]2CCCN2CC(=O)N2CCOCC2)n1. The van der Waals surface area contributed by atoms with Crippen LogP contribution in [0.2, 0.25) is 0 Å². The molecule has 7 heteroatoms. The minimum absolute atomic E-state index is 0.0641. The van der Waals surface area contributed by atoms with Crippen LogP contribution in [-0.4, -0.2) is 66.0 Å². The molecule has 2 aliphatic heterocycles. The summed E-state index contributed by atoms with van der Waals surface area (Å²) in [6.07, 6.45) is 2.08. The van der Waals surface area contributed by atoms with Crippen molar-refractivity contribution in [3.63, 3.8) is 0 Å². The van der Waals surface area contributed by atoms with Gasteiger partial charge in [-0.05, 0) is 31.5 Å². The summed E-state index contributed by atoms with van der Waals surface area (Å²) >= 11 is 0. The number of morpholine rings is 1. The second-order valence-electron chi connectivity index (χ2n) is 6.59. The minimum Gasteiger partial charge on any atom is -0.378 e. The number of nitrogens with zero attached hydrogens (tertiary/aromatic N) is 3. The molecule has 2 amide bonds. The summed E-state index contributed by atoms with van der Waals surface area (Å²) in [6, 6.07) is 6.07. The molecule has 7 nitrogen and oxygen atoms in total. The number of carbonyl (C=O) groups is 2. The number of hydrogen-bond acceptors (Lipinski definition) is 5. The molecule has 1 aromatic heterocycles. The van der Waals surface area contributed by atoms with Gasteiger partial charge in [-0.15, -0.1) is 0 Å². The molecule has 3 heterocycles. The van der Waals surface area contributed by atoms with Crippen LogP contribution in [0.5, 0.6) is 0 Å². The van der Waals surface area contributed by atoms with E-state index in [1.807, 2.05) is 23.1 Å². The third-order valence-electron chi connectivity index (χ3n) is 4.75. The number of amides is 2. The first-order valence-electron chi connectivity index (χ1n) is 8.93. The minimum atomic E-state index is -0.0641. The van der Waals surface area contributed by atoms with Gasteiger partial charge in [0.1, 0.15) is 0 Å². The molecule has 2 aliphatic rings. The highest BCUT2D eigenvalue weighted by molar-refractivity contribution is 5.78. The summed E-state index contributed by atoms with van der Waals surface area (Å²) < 4.78 is 5.32. The Bertz CT molecular complexity index is 616. The molecule has 1 aromatic rings. The molecule has 0 saturated carbocycles. The number of pyridine rings is 1. The van der Waals surface area contributed by atoms with E-state index in [1.54, 1.807) is 0 Å². The average Bonchev–Trinajstić information content (AvgIpc) is 3.09. The van der Waals surface area contributed by atoms with Crippen LogP contribution in [0.4, 0.5) is 0 Å².